The summed E-state index contributed by atoms with van der Waals surface area (Å²) in [6, 6.07) is 27.9. The fourth-order valence-corrected chi connectivity index (χ4v) is 3.45. The topological polar surface area (TPSA) is 0 Å². The summed E-state index contributed by atoms with van der Waals surface area (Å²) in [6.45, 7) is 0. The molecule has 21 heavy (non-hydrogen) atoms. The highest BCUT2D eigenvalue weighted by molar-refractivity contribution is 9.10. The maximum absolute atomic E-state index is 3.70. The third-order valence-electron chi connectivity index (χ3n) is 3.91. The Kier molecular flexibility index (Phi) is 3.01. The van der Waals surface area contributed by atoms with Gasteiger partial charge in [-0.3, -0.25) is 0 Å². The van der Waals surface area contributed by atoms with Gasteiger partial charge in [0.1, 0.15) is 0 Å². The standard InChI is InChI=1S/C20H13Br/c21-19-12-6-5-11-18(19)20-16-9-3-1-7-14(16)13-15-8-2-4-10-17(15)20/h1-13H. The molecule has 4 aromatic rings. The van der Waals surface area contributed by atoms with Gasteiger partial charge in [-0.05, 0) is 44.8 Å². The van der Waals surface area contributed by atoms with E-state index in [0.717, 1.165) is 4.47 Å². The summed E-state index contributed by atoms with van der Waals surface area (Å²) in [7, 11) is 0. The van der Waals surface area contributed by atoms with Crippen LogP contribution in [0.5, 0.6) is 0 Å². The summed E-state index contributed by atoms with van der Waals surface area (Å²) in [6.07, 6.45) is 0. The summed E-state index contributed by atoms with van der Waals surface area (Å²) in [5.74, 6) is 0. The predicted molar refractivity (Wildman–Crippen MR) is 94.6 cm³/mol. The van der Waals surface area contributed by atoms with Gasteiger partial charge >= 0.3 is 0 Å². The van der Waals surface area contributed by atoms with Crippen molar-refractivity contribution in [3.63, 3.8) is 0 Å². The van der Waals surface area contributed by atoms with Crippen molar-refractivity contribution < 1.29 is 0 Å². The highest BCUT2D eigenvalue weighted by atomic mass is 79.9. The Labute approximate surface area is 132 Å². The molecular formula is C20H13Br. The molecule has 0 aliphatic rings. The molecule has 0 aromatic heterocycles. The molecule has 1 heteroatoms. The van der Waals surface area contributed by atoms with Crippen molar-refractivity contribution in [2.75, 3.05) is 0 Å². The van der Waals surface area contributed by atoms with Crippen LogP contribution >= 0.6 is 15.9 Å². The SMILES string of the molecule is Brc1ccccc1-c1c2ccccc2cc2ccccc12. The molecule has 0 fully saturated rings. The van der Waals surface area contributed by atoms with Gasteiger partial charge in [-0.2, -0.15) is 0 Å². The zero-order valence-electron chi connectivity index (χ0n) is 11.4. The van der Waals surface area contributed by atoms with E-state index in [0.29, 0.717) is 0 Å². The number of halogens is 1. The van der Waals surface area contributed by atoms with Gasteiger partial charge in [0.05, 0.1) is 0 Å². The van der Waals surface area contributed by atoms with E-state index in [-0.39, 0.29) is 0 Å². The maximum Gasteiger partial charge on any atom is 0.0254 e. The molecular weight excluding hydrogens is 320 g/mol. The Balaban J connectivity index is 2.25. The van der Waals surface area contributed by atoms with E-state index in [4.69, 9.17) is 0 Å². The van der Waals surface area contributed by atoms with Crippen LogP contribution in [0.3, 0.4) is 0 Å². The van der Waals surface area contributed by atoms with Crippen molar-refractivity contribution in [2.24, 2.45) is 0 Å². The Bertz CT molecular complexity index is 900. The molecule has 0 saturated heterocycles. The van der Waals surface area contributed by atoms with Crippen molar-refractivity contribution in [1.29, 1.82) is 0 Å². The van der Waals surface area contributed by atoms with Gasteiger partial charge in [0, 0.05) is 4.47 Å². The maximum atomic E-state index is 3.70. The van der Waals surface area contributed by atoms with Crippen LogP contribution in [0.15, 0.2) is 83.3 Å². The van der Waals surface area contributed by atoms with Crippen molar-refractivity contribution in [1.82, 2.24) is 0 Å². The van der Waals surface area contributed by atoms with E-state index in [2.05, 4.69) is 94.8 Å². The predicted octanol–water partition coefficient (Wildman–Crippen LogP) is 6.42. The van der Waals surface area contributed by atoms with E-state index >= 15 is 0 Å². The van der Waals surface area contributed by atoms with Gasteiger partial charge < -0.3 is 0 Å². The molecule has 0 radical (unpaired) electrons. The van der Waals surface area contributed by atoms with E-state index in [1.54, 1.807) is 0 Å². The lowest BCUT2D eigenvalue weighted by molar-refractivity contribution is 1.63. The second kappa shape index (κ2) is 5.01. The second-order valence-corrected chi connectivity index (χ2v) is 6.03. The summed E-state index contributed by atoms with van der Waals surface area (Å²) < 4.78 is 1.13. The van der Waals surface area contributed by atoms with Gasteiger partial charge in [-0.1, -0.05) is 82.7 Å². The molecule has 0 N–H and O–H groups in total. The van der Waals surface area contributed by atoms with E-state index in [1.807, 2.05) is 0 Å². The minimum atomic E-state index is 1.13. The van der Waals surface area contributed by atoms with Gasteiger partial charge in [0.2, 0.25) is 0 Å². The summed E-state index contributed by atoms with van der Waals surface area (Å²) in [5, 5.41) is 5.15. The van der Waals surface area contributed by atoms with Crippen molar-refractivity contribution in [3.05, 3.63) is 83.3 Å². The first kappa shape index (κ1) is 12.6. The van der Waals surface area contributed by atoms with Crippen LogP contribution in [-0.4, -0.2) is 0 Å². The average molecular weight is 333 g/mol. The number of rotatable bonds is 1. The third kappa shape index (κ3) is 2.05. The number of hydrogen-bond donors (Lipinski definition) is 0. The molecule has 0 atom stereocenters. The first-order chi connectivity index (χ1) is 10.3. The van der Waals surface area contributed by atoms with Gasteiger partial charge in [0.15, 0.2) is 0 Å². The molecule has 0 heterocycles. The van der Waals surface area contributed by atoms with Crippen LogP contribution in [0.2, 0.25) is 0 Å². The normalized spacial score (nSPS) is 11.1. The van der Waals surface area contributed by atoms with Gasteiger partial charge in [-0.15, -0.1) is 0 Å². The third-order valence-corrected chi connectivity index (χ3v) is 4.61. The number of hydrogen-bond acceptors (Lipinski definition) is 0. The molecule has 0 unspecified atom stereocenters. The minimum Gasteiger partial charge on any atom is -0.0616 e. The van der Waals surface area contributed by atoms with E-state index in [9.17, 15) is 0 Å². The lowest BCUT2D eigenvalue weighted by atomic mass is 9.92. The number of fused-ring (bicyclic) bond motifs is 2. The monoisotopic (exact) mass is 332 g/mol. The summed E-state index contributed by atoms with van der Waals surface area (Å²) in [4.78, 5) is 0. The van der Waals surface area contributed by atoms with E-state index < -0.39 is 0 Å². The molecule has 4 rings (SSSR count). The Morgan fingerprint density at radius 3 is 1.71 bits per heavy atom. The Morgan fingerprint density at radius 1 is 0.571 bits per heavy atom. The van der Waals surface area contributed by atoms with Crippen LogP contribution in [0.4, 0.5) is 0 Å². The number of benzene rings is 4. The Morgan fingerprint density at radius 2 is 1.10 bits per heavy atom. The largest absolute Gasteiger partial charge is 0.0616 e. The molecule has 0 nitrogen and oxygen atoms in total. The fourth-order valence-electron chi connectivity index (χ4n) is 2.97. The van der Waals surface area contributed by atoms with Crippen LogP contribution < -0.4 is 0 Å². The highest BCUT2D eigenvalue weighted by Crippen LogP contribution is 2.39. The highest BCUT2D eigenvalue weighted by Gasteiger charge is 2.11. The van der Waals surface area contributed by atoms with Crippen molar-refractivity contribution in [3.8, 4) is 11.1 Å². The lowest BCUT2D eigenvalue weighted by Gasteiger charge is -2.13. The van der Waals surface area contributed by atoms with Gasteiger partial charge in [-0.25, -0.2) is 0 Å². The van der Waals surface area contributed by atoms with Crippen LogP contribution in [0, 0.1) is 0 Å². The summed E-state index contributed by atoms with van der Waals surface area (Å²) in [5.41, 5.74) is 2.54. The molecule has 4 aromatic carbocycles. The average Bonchev–Trinajstić information content (AvgIpc) is 2.53. The molecule has 0 amide bonds. The first-order valence-corrected chi connectivity index (χ1v) is 7.79. The van der Waals surface area contributed by atoms with Gasteiger partial charge in [0.25, 0.3) is 0 Å². The summed E-state index contributed by atoms with van der Waals surface area (Å²) >= 11 is 3.70. The van der Waals surface area contributed by atoms with Crippen LogP contribution in [0.1, 0.15) is 0 Å². The molecule has 0 aliphatic carbocycles. The molecule has 0 saturated carbocycles. The zero-order chi connectivity index (χ0) is 14.2. The van der Waals surface area contributed by atoms with Crippen LogP contribution in [-0.2, 0) is 0 Å². The first-order valence-electron chi connectivity index (χ1n) is 7.00. The van der Waals surface area contributed by atoms with E-state index in [1.165, 1.54) is 32.7 Å². The molecule has 0 spiro atoms. The lowest BCUT2D eigenvalue weighted by Crippen LogP contribution is -1.86. The fraction of sp³-hybridized carbons (Fsp3) is 0. The van der Waals surface area contributed by atoms with Crippen LogP contribution in [0.25, 0.3) is 32.7 Å². The minimum absolute atomic E-state index is 1.13. The molecule has 0 aliphatic heterocycles. The second-order valence-electron chi connectivity index (χ2n) is 5.17. The van der Waals surface area contributed by atoms with Crippen molar-refractivity contribution >= 4 is 37.5 Å². The van der Waals surface area contributed by atoms with Crippen molar-refractivity contribution in [2.45, 2.75) is 0 Å². The smallest absolute Gasteiger partial charge is 0.0254 e. The quantitative estimate of drug-likeness (QED) is 0.352. The molecule has 0 bridgehead atoms. The molecule has 100 valence electrons. The zero-order valence-corrected chi connectivity index (χ0v) is 13.0. The Hall–Kier alpha value is -2.12.